The van der Waals surface area contributed by atoms with Gasteiger partial charge in [-0.2, -0.15) is 0 Å². The number of aliphatic carboxylic acids is 1. The number of carboxylic acid groups (broad SMARTS) is 1. The van der Waals surface area contributed by atoms with E-state index in [4.69, 9.17) is 4.74 Å². The fraction of sp³-hybridized carbons (Fsp3) is 0.667. The van der Waals surface area contributed by atoms with E-state index in [1.165, 1.54) is 12.4 Å². The molecule has 1 aromatic heterocycles. The van der Waals surface area contributed by atoms with Crippen LogP contribution in [0.4, 0.5) is 4.39 Å². The molecule has 0 spiro atoms. The minimum Gasteiger partial charge on any atom is -0.489 e. The van der Waals surface area contributed by atoms with Crippen molar-refractivity contribution >= 4 is 17.8 Å². The van der Waals surface area contributed by atoms with E-state index in [1.54, 1.807) is 11.0 Å². The van der Waals surface area contributed by atoms with Crippen LogP contribution in [-0.2, 0) is 14.4 Å². The number of amides is 2. The van der Waals surface area contributed by atoms with E-state index < -0.39 is 24.6 Å². The summed E-state index contributed by atoms with van der Waals surface area (Å²) >= 11 is 0. The maximum atomic E-state index is 13.0. The van der Waals surface area contributed by atoms with Crippen molar-refractivity contribution in [1.82, 2.24) is 20.5 Å². The van der Waals surface area contributed by atoms with Gasteiger partial charge in [-0.15, -0.1) is 0 Å². The zero-order chi connectivity index (χ0) is 24.3. The lowest BCUT2D eigenvalue weighted by molar-refractivity contribution is -0.138. The van der Waals surface area contributed by atoms with Gasteiger partial charge in [0.1, 0.15) is 19.0 Å². The van der Waals surface area contributed by atoms with E-state index >= 15 is 0 Å². The summed E-state index contributed by atoms with van der Waals surface area (Å²) in [5.41, 5.74) is 0.470. The molecule has 0 aromatic carbocycles. The number of hydrogen-bond acceptors (Lipinski definition) is 6. The standard InChI is InChI=1S/C24H35FN4O5/c25-7-11-34-20-12-19(14-27-15-20)21(13-23(31)32)28-24(33)18-2-1-10-29(16-18)22(30)4-3-17-5-8-26-9-6-17/h12,14-15,17-18,21,26H,1-11,13,16H2,(H,28,33)(H,31,32)/t18-,21-/m1/s1/i25-1. The van der Waals surface area contributed by atoms with Crippen molar-refractivity contribution in [3.05, 3.63) is 24.0 Å². The van der Waals surface area contributed by atoms with Gasteiger partial charge in [-0.3, -0.25) is 19.4 Å². The normalized spacial score (nSPS) is 19.9. The SMILES string of the molecule is O=C(O)C[C@@H](NC(=O)[C@@H]1CCCN(C(=O)CCC2CCNCC2)C1)c1cncc(OCC[18F])c1. The lowest BCUT2D eigenvalue weighted by atomic mass is 9.92. The highest BCUT2D eigenvalue weighted by atomic mass is 18.2. The van der Waals surface area contributed by atoms with E-state index in [1.807, 2.05) is 0 Å². The highest BCUT2D eigenvalue weighted by Gasteiger charge is 2.30. The molecule has 188 valence electrons. The zero-order valence-corrected chi connectivity index (χ0v) is 19.5. The van der Waals surface area contributed by atoms with Crippen molar-refractivity contribution in [3.8, 4) is 5.75 Å². The number of carbonyl (C=O) groups is 3. The van der Waals surface area contributed by atoms with E-state index in [2.05, 4.69) is 15.6 Å². The minimum atomic E-state index is -1.07. The predicted octanol–water partition coefficient (Wildman–Crippen LogP) is 2.08. The van der Waals surface area contributed by atoms with Crippen molar-refractivity contribution in [2.75, 3.05) is 39.5 Å². The molecule has 10 heteroatoms. The summed E-state index contributed by atoms with van der Waals surface area (Å²) in [5, 5.41) is 15.5. The van der Waals surface area contributed by atoms with Crippen LogP contribution in [0.2, 0.25) is 0 Å². The Balaban J connectivity index is 1.57. The maximum Gasteiger partial charge on any atom is 0.305 e. The van der Waals surface area contributed by atoms with Gasteiger partial charge in [-0.05, 0) is 62.7 Å². The molecule has 0 unspecified atom stereocenters. The van der Waals surface area contributed by atoms with Gasteiger partial charge in [-0.1, -0.05) is 0 Å². The lowest BCUT2D eigenvalue weighted by Gasteiger charge is -2.33. The largest absolute Gasteiger partial charge is 0.489 e. The molecule has 3 N–H and O–H groups in total. The molecule has 2 saturated heterocycles. The Bertz CT molecular complexity index is 833. The second kappa shape index (κ2) is 13.2. The number of hydrogen-bond donors (Lipinski definition) is 3. The van der Waals surface area contributed by atoms with Gasteiger partial charge in [0.2, 0.25) is 11.8 Å². The highest BCUT2D eigenvalue weighted by Crippen LogP contribution is 2.24. The Labute approximate surface area is 199 Å². The van der Waals surface area contributed by atoms with E-state index in [0.29, 0.717) is 43.2 Å². The number of piperidine rings is 2. The Hall–Kier alpha value is -2.75. The fourth-order valence-electron chi connectivity index (χ4n) is 4.65. The Morgan fingerprint density at radius 3 is 2.79 bits per heavy atom. The molecule has 3 heterocycles. The molecular formula is C24H35FN4O5. The van der Waals surface area contributed by atoms with Gasteiger partial charge >= 0.3 is 5.97 Å². The third kappa shape index (κ3) is 7.93. The van der Waals surface area contributed by atoms with Crippen molar-refractivity contribution in [3.63, 3.8) is 0 Å². The number of pyridine rings is 1. The average Bonchev–Trinajstić information content (AvgIpc) is 2.86. The third-order valence-electron chi connectivity index (χ3n) is 6.55. The van der Waals surface area contributed by atoms with Crippen LogP contribution in [0.3, 0.4) is 0 Å². The molecule has 2 atom stereocenters. The van der Waals surface area contributed by atoms with E-state index in [-0.39, 0.29) is 24.8 Å². The molecule has 2 fully saturated rings. The smallest absolute Gasteiger partial charge is 0.305 e. The molecule has 0 aliphatic carbocycles. The molecule has 2 amide bonds. The first kappa shape index (κ1) is 25.9. The zero-order valence-electron chi connectivity index (χ0n) is 19.5. The van der Waals surface area contributed by atoms with Crippen molar-refractivity contribution in [2.45, 2.75) is 51.0 Å². The summed E-state index contributed by atoms with van der Waals surface area (Å²) in [6.07, 6.45) is 7.49. The number of ether oxygens (including phenoxy) is 1. The van der Waals surface area contributed by atoms with Gasteiger partial charge < -0.3 is 25.4 Å². The van der Waals surface area contributed by atoms with Crippen molar-refractivity contribution in [2.24, 2.45) is 11.8 Å². The molecule has 3 rings (SSSR count). The van der Waals surface area contributed by atoms with Crippen LogP contribution in [0.15, 0.2) is 18.5 Å². The summed E-state index contributed by atoms with van der Waals surface area (Å²) in [6.45, 7) is 2.20. The molecule has 0 bridgehead atoms. The topological polar surface area (TPSA) is 121 Å². The van der Waals surface area contributed by atoms with Gasteiger partial charge in [-0.25, -0.2) is 4.39 Å². The number of nitrogens with one attached hydrogen (secondary N) is 2. The van der Waals surface area contributed by atoms with Crippen LogP contribution in [0, 0.1) is 11.8 Å². The molecule has 9 nitrogen and oxygen atoms in total. The molecule has 0 radical (unpaired) electrons. The first-order chi connectivity index (χ1) is 16.5. The van der Waals surface area contributed by atoms with Gasteiger partial charge in [0.05, 0.1) is 24.6 Å². The fourth-order valence-corrected chi connectivity index (χ4v) is 4.65. The quantitative estimate of drug-likeness (QED) is 0.446. The highest BCUT2D eigenvalue weighted by molar-refractivity contribution is 5.82. The number of rotatable bonds is 11. The molecule has 0 saturated carbocycles. The minimum absolute atomic E-state index is 0.0834. The van der Waals surface area contributed by atoms with Crippen molar-refractivity contribution < 1.29 is 28.6 Å². The number of likely N-dealkylation sites (tertiary alicyclic amines) is 1. The first-order valence-electron chi connectivity index (χ1n) is 12.1. The number of alkyl halides is 1. The summed E-state index contributed by atoms with van der Waals surface area (Å²) < 4.78 is 17.6. The van der Waals surface area contributed by atoms with Crippen LogP contribution < -0.4 is 15.4 Å². The van der Waals surface area contributed by atoms with Crippen LogP contribution in [0.25, 0.3) is 0 Å². The second-order valence-corrected chi connectivity index (χ2v) is 9.06. The lowest BCUT2D eigenvalue weighted by Crippen LogP contribution is -2.46. The van der Waals surface area contributed by atoms with E-state index in [0.717, 1.165) is 38.8 Å². The predicted molar refractivity (Wildman–Crippen MR) is 123 cm³/mol. The Kier molecular flexibility index (Phi) is 10.1. The third-order valence-corrected chi connectivity index (χ3v) is 6.55. The van der Waals surface area contributed by atoms with E-state index in [9.17, 15) is 23.9 Å². The summed E-state index contributed by atoms with van der Waals surface area (Å²) in [5.74, 6) is -0.783. The van der Waals surface area contributed by atoms with Crippen LogP contribution in [0.1, 0.15) is 56.6 Å². The first-order valence-corrected chi connectivity index (χ1v) is 12.1. The number of halogens is 1. The molecule has 2 aliphatic heterocycles. The van der Waals surface area contributed by atoms with Crippen LogP contribution >= 0.6 is 0 Å². The molecule has 1 aromatic rings. The molecule has 2 aliphatic rings. The van der Waals surface area contributed by atoms with Crippen LogP contribution in [0.5, 0.6) is 5.75 Å². The molecule has 34 heavy (non-hydrogen) atoms. The Morgan fingerprint density at radius 2 is 2.06 bits per heavy atom. The summed E-state index contributed by atoms with van der Waals surface area (Å²) in [6, 6.07) is 0.756. The Morgan fingerprint density at radius 1 is 1.26 bits per heavy atom. The van der Waals surface area contributed by atoms with Gasteiger partial charge in [0, 0.05) is 25.7 Å². The number of nitrogens with zero attached hydrogens (tertiary/aromatic N) is 2. The number of aromatic nitrogens is 1. The van der Waals surface area contributed by atoms with Crippen LogP contribution in [-0.4, -0.2) is 72.2 Å². The maximum absolute atomic E-state index is 13.0. The summed E-state index contributed by atoms with van der Waals surface area (Å²) in [4.78, 5) is 43.1. The van der Waals surface area contributed by atoms with Gasteiger partial charge in [0.25, 0.3) is 0 Å². The molecular weight excluding hydrogens is 442 g/mol. The second-order valence-electron chi connectivity index (χ2n) is 9.06. The number of carboxylic acids is 1. The average molecular weight is 478 g/mol. The van der Waals surface area contributed by atoms with Crippen molar-refractivity contribution in [1.29, 1.82) is 0 Å². The monoisotopic (exact) mass is 477 g/mol. The summed E-state index contributed by atoms with van der Waals surface area (Å²) in [7, 11) is 0. The number of carbonyl (C=O) groups excluding carboxylic acids is 2. The van der Waals surface area contributed by atoms with Gasteiger partial charge in [0.15, 0.2) is 0 Å².